The molecule has 2 aromatic heterocycles. The first kappa shape index (κ1) is 27.7. The Labute approximate surface area is 232 Å². The molecule has 4 aromatic rings. The average Bonchev–Trinajstić information content (AvgIpc) is 3.72. The number of rotatable bonds is 14. The zero-order valence-electron chi connectivity index (χ0n) is 22.7. The van der Waals surface area contributed by atoms with Gasteiger partial charge < -0.3 is 33.2 Å². The molecule has 9 nitrogen and oxygen atoms in total. The van der Waals surface area contributed by atoms with Crippen LogP contribution in [0.5, 0.6) is 11.5 Å². The lowest BCUT2D eigenvalue weighted by molar-refractivity contribution is 0.00254. The maximum Gasteiger partial charge on any atom is 0.232 e. The van der Waals surface area contributed by atoms with Gasteiger partial charge in [-0.3, -0.25) is 4.90 Å². The summed E-state index contributed by atoms with van der Waals surface area (Å²) in [7, 11) is 0. The standard InChI is InChI=1S/C30H34FN3O6/c1-3-34(4-2)30-26(29(32-40-30)22-8-10-23(31)11-9-22)17-33(15-21-7-12-27-28(14-21)39-20-38-27)16-24(35)18-36-19-25-6-5-13-37-25/h5-14,24,35H,3-4,15-20H2,1-2H3. The van der Waals surface area contributed by atoms with Gasteiger partial charge in [-0.25, -0.2) is 4.39 Å². The molecule has 0 aliphatic carbocycles. The van der Waals surface area contributed by atoms with Gasteiger partial charge in [-0.2, -0.15) is 0 Å². The fourth-order valence-corrected chi connectivity index (χ4v) is 4.78. The van der Waals surface area contributed by atoms with Crippen molar-refractivity contribution < 1.29 is 32.6 Å². The van der Waals surface area contributed by atoms with Crippen LogP contribution < -0.4 is 14.4 Å². The lowest BCUT2D eigenvalue weighted by atomic mass is 10.1. The summed E-state index contributed by atoms with van der Waals surface area (Å²) >= 11 is 0. The second-order valence-corrected chi connectivity index (χ2v) is 9.60. The highest BCUT2D eigenvalue weighted by Gasteiger charge is 2.25. The van der Waals surface area contributed by atoms with Crippen LogP contribution >= 0.6 is 0 Å². The number of furan rings is 1. The van der Waals surface area contributed by atoms with Crippen molar-refractivity contribution in [1.29, 1.82) is 0 Å². The van der Waals surface area contributed by atoms with E-state index in [1.54, 1.807) is 24.5 Å². The molecule has 212 valence electrons. The van der Waals surface area contributed by atoms with Gasteiger partial charge in [0.05, 0.1) is 24.5 Å². The molecule has 0 fully saturated rings. The lowest BCUT2D eigenvalue weighted by Gasteiger charge is -2.27. The van der Waals surface area contributed by atoms with Crippen molar-refractivity contribution in [2.75, 3.05) is 37.9 Å². The van der Waals surface area contributed by atoms with E-state index in [0.29, 0.717) is 48.5 Å². The van der Waals surface area contributed by atoms with E-state index in [1.807, 2.05) is 24.3 Å². The van der Waals surface area contributed by atoms with Crippen molar-refractivity contribution in [2.24, 2.45) is 0 Å². The molecule has 1 atom stereocenters. The Morgan fingerprint density at radius 2 is 1.82 bits per heavy atom. The number of aromatic nitrogens is 1. The number of benzene rings is 2. The quantitative estimate of drug-likeness (QED) is 0.226. The first-order valence-electron chi connectivity index (χ1n) is 13.4. The normalized spacial score (nSPS) is 13.2. The summed E-state index contributed by atoms with van der Waals surface area (Å²) in [5.41, 5.74) is 3.25. The van der Waals surface area contributed by atoms with Crippen molar-refractivity contribution in [3.63, 3.8) is 0 Å². The third-order valence-corrected chi connectivity index (χ3v) is 6.76. The maximum absolute atomic E-state index is 13.7. The Bertz CT molecular complexity index is 1350. The number of ether oxygens (including phenoxy) is 3. The van der Waals surface area contributed by atoms with Crippen LogP contribution in [0.4, 0.5) is 10.3 Å². The molecule has 2 aromatic carbocycles. The predicted molar refractivity (Wildman–Crippen MR) is 147 cm³/mol. The molecule has 1 N–H and O–H groups in total. The Balaban J connectivity index is 1.41. The minimum atomic E-state index is -0.769. The monoisotopic (exact) mass is 551 g/mol. The van der Waals surface area contributed by atoms with Crippen molar-refractivity contribution in [1.82, 2.24) is 10.1 Å². The van der Waals surface area contributed by atoms with Gasteiger partial charge in [0.1, 0.15) is 23.9 Å². The first-order valence-corrected chi connectivity index (χ1v) is 13.4. The Morgan fingerprint density at radius 1 is 1.02 bits per heavy atom. The van der Waals surface area contributed by atoms with Gasteiger partial charge in [-0.05, 0) is 67.9 Å². The fraction of sp³-hybridized carbons (Fsp3) is 0.367. The van der Waals surface area contributed by atoms with Crippen molar-refractivity contribution >= 4 is 5.88 Å². The van der Waals surface area contributed by atoms with Gasteiger partial charge in [0.2, 0.25) is 12.7 Å². The smallest absolute Gasteiger partial charge is 0.232 e. The zero-order chi connectivity index (χ0) is 27.9. The first-order chi connectivity index (χ1) is 19.5. The van der Waals surface area contributed by atoms with Gasteiger partial charge >= 0.3 is 0 Å². The molecule has 3 heterocycles. The summed E-state index contributed by atoms with van der Waals surface area (Å²) in [5, 5.41) is 15.4. The minimum Gasteiger partial charge on any atom is -0.467 e. The second kappa shape index (κ2) is 13.0. The third-order valence-electron chi connectivity index (χ3n) is 6.76. The van der Waals surface area contributed by atoms with E-state index in [1.165, 1.54) is 12.1 Å². The van der Waals surface area contributed by atoms with Crippen molar-refractivity contribution in [3.05, 3.63) is 83.6 Å². The van der Waals surface area contributed by atoms with Gasteiger partial charge in [0.25, 0.3) is 0 Å². The highest BCUT2D eigenvalue weighted by molar-refractivity contribution is 5.68. The van der Waals surface area contributed by atoms with E-state index in [0.717, 1.165) is 29.8 Å². The van der Waals surface area contributed by atoms with Crippen LogP contribution in [0.3, 0.4) is 0 Å². The third kappa shape index (κ3) is 6.64. The Morgan fingerprint density at radius 3 is 2.58 bits per heavy atom. The molecule has 0 saturated heterocycles. The number of hydrogen-bond donors (Lipinski definition) is 1. The van der Waals surface area contributed by atoms with Crippen LogP contribution in [0.2, 0.25) is 0 Å². The molecule has 1 aliphatic rings. The number of halogens is 1. The molecule has 40 heavy (non-hydrogen) atoms. The molecule has 0 bridgehead atoms. The molecular formula is C30H34FN3O6. The topological polar surface area (TPSA) is 93.6 Å². The zero-order valence-corrected chi connectivity index (χ0v) is 22.7. The fourth-order valence-electron chi connectivity index (χ4n) is 4.78. The largest absolute Gasteiger partial charge is 0.467 e. The van der Waals surface area contributed by atoms with E-state index in [2.05, 4.69) is 28.8 Å². The lowest BCUT2D eigenvalue weighted by Crippen LogP contribution is -2.35. The highest BCUT2D eigenvalue weighted by atomic mass is 19.1. The maximum atomic E-state index is 13.7. The number of aliphatic hydroxyl groups excluding tert-OH is 1. The summed E-state index contributed by atoms with van der Waals surface area (Å²) in [6, 6.07) is 15.7. The van der Waals surface area contributed by atoms with Crippen LogP contribution in [0, 0.1) is 5.82 Å². The van der Waals surface area contributed by atoms with Gasteiger partial charge in [0.15, 0.2) is 11.5 Å². The molecule has 1 aliphatic heterocycles. The van der Waals surface area contributed by atoms with Crippen LogP contribution in [-0.4, -0.2) is 54.3 Å². The van der Waals surface area contributed by atoms with Crippen molar-refractivity contribution in [2.45, 2.75) is 39.6 Å². The Kier molecular flexibility index (Phi) is 9.00. The molecule has 0 saturated carbocycles. The molecule has 0 radical (unpaired) electrons. The van der Waals surface area contributed by atoms with E-state index < -0.39 is 6.10 Å². The number of aliphatic hydroxyl groups is 1. The van der Waals surface area contributed by atoms with Crippen LogP contribution in [0.15, 0.2) is 69.8 Å². The van der Waals surface area contributed by atoms with Gasteiger partial charge in [-0.15, -0.1) is 0 Å². The molecule has 1 unspecified atom stereocenters. The SMILES string of the molecule is CCN(CC)c1onc(-c2ccc(F)cc2)c1CN(Cc1ccc2c(c1)OCO2)CC(O)COCc1ccco1. The molecular weight excluding hydrogens is 517 g/mol. The second-order valence-electron chi connectivity index (χ2n) is 9.60. The molecule has 5 rings (SSSR count). The van der Waals surface area contributed by atoms with E-state index in [4.69, 9.17) is 23.2 Å². The number of hydrogen-bond acceptors (Lipinski definition) is 9. The summed E-state index contributed by atoms with van der Waals surface area (Å²) in [4.78, 5) is 4.21. The van der Waals surface area contributed by atoms with Gasteiger partial charge in [-0.1, -0.05) is 11.2 Å². The van der Waals surface area contributed by atoms with E-state index in [9.17, 15) is 9.50 Å². The number of anilines is 1. The summed E-state index contributed by atoms with van der Waals surface area (Å²) in [6.45, 7) is 7.43. The summed E-state index contributed by atoms with van der Waals surface area (Å²) < 4.78 is 41.6. The Hall–Kier alpha value is -3.86. The van der Waals surface area contributed by atoms with E-state index in [-0.39, 0.29) is 25.8 Å². The van der Waals surface area contributed by atoms with Crippen molar-refractivity contribution in [3.8, 4) is 22.8 Å². The summed E-state index contributed by atoms with van der Waals surface area (Å²) in [6.07, 6.45) is 0.822. The summed E-state index contributed by atoms with van der Waals surface area (Å²) in [5.74, 6) is 2.44. The molecule has 0 amide bonds. The number of nitrogens with zero attached hydrogens (tertiary/aromatic N) is 3. The minimum absolute atomic E-state index is 0.135. The molecule has 0 spiro atoms. The number of fused-ring (bicyclic) bond motifs is 1. The average molecular weight is 552 g/mol. The van der Waals surface area contributed by atoms with Crippen LogP contribution in [0.25, 0.3) is 11.3 Å². The highest BCUT2D eigenvalue weighted by Crippen LogP contribution is 2.35. The molecule has 10 heteroatoms. The predicted octanol–water partition coefficient (Wildman–Crippen LogP) is 5.23. The van der Waals surface area contributed by atoms with E-state index >= 15 is 0 Å². The van der Waals surface area contributed by atoms with Gasteiger partial charge in [0, 0.05) is 38.3 Å². The van der Waals surface area contributed by atoms with Crippen LogP contribution in [-0.2, 0) is 24.4 Å². The van der Waals surface area contributed by atoms with Crippen LogP contribution in [0.1, 0.15) is 30.7 Å².